The van der Waals surface area contributed by atoms with Crippen LogP contribution in [0.3, 0.4) is 0 Å². The van der Waals surface area contributed by atoms with Crippen LogP contribution in [0.4, 0.5) is 0 Å². The fourth-order valence-electron chi connectivity index (χ4n) is 4.29. The van der Waals surface area contributed by atoms with Crippen molar-refractivity contribution in [1.29, 1.82) is 0 Å². The van der Waals surface area contributed by atoms with E-state index in [1.807, 2.05) is 6.08 Å². The van der Waals surface area contributed by atoms with E-state index in [1.54, 1.807) is 0 Å². The minimum atomic E-state index is -1.51. The Morgan fingerprint density at radius 2 is 0.929 bits per heavy atom. The van der Waals surface area contributed by atoms with Gasteiger partial charge in [0.15, 0.2) is 16.6 Å². The summed E-state index contributed by atoms with van der Waals surface area (Å²) >= 11 is 0. The molecule has 0 spiro atoms. The molecule has 0 fully saturated rings. The first-order valence-corrected chi connectivity index (χ1v) is 18.9. The summed E-state index contributed by atoms with van der Waals surface area (Å²) in [4.78, 5) is 0. The molecule has 0 N–H and O–H groups in total. The lowest BCUT2D eigenvalue weighted by molar-refractivity contribution is 0.522. The molecule has 0 bridgehead atoms. The Hall–Kier alpha value is 0.134. The Bertz CT molecular complexity index is 352. The van der Waals surface area contributed by atoms with Gasteiger partial charge in [-0.05, 0) is 38.3 Å². The van der Waals surface area contributed by atoms with Gasteiger partial charge in [-0.1, -0.05) is 116 Å². The smallest absolute Gasteiger partial charge is 0.177 e. The van der Waals surface area contributed by atoms with E-state index >= 15 is 0 Å². The lowest BCUT2D eigenvalue weighted by Gasteiger charge is -2.33. The monoisotopic (exact) mass is 426 g/mol. The lowest BCUT2D eigenvalue weighted by Crippen LogP contribution is -2.43. The third kappa shape index (κ3) is 19.5. The number of rotatable bonds is 21. The number of hydrogen-bond donors (Lipinski definition) is 0. The van der Waals surface area contributed by atoms with E-state index < -0.39 is 16.6 Å². The first kappa shape index (κ1) is 28.1. The van der Waals surface area contributed by atoms with Gasteiger partial charge in [0.1, 0.15) is 0 Å². The van der Waals surface area contributed by atoms with Crippen LogP contribution in [-0.2, 0) is 4.12 Å². The van der Waals surface area contributed by atoms with E-state index in [0.717, 1.165) is 6.04 Å². The van der Waals surface area contributed by atoms with Gasteiger partial charge in [0.05, 0.1) is 0 Å². The van der Waals surface area contributed by atoms with Crippen LogP contribution < -0.4 is 0 Å². The van der Waals surface area contributed by atoms with Crippen LogP contribution in [0.5, 0.6) is 0 Å². The SMILES string of the molecule is C=CC[Si](C)(C)O[Si](C)(C)CCCCCCCCCCCCCCCCCC. The van der Waals surface area contributed by atoms with Crippen LogP contribution in [0.1, 0.15) is 110 Å². The summed E-state index contributed by atoms with van der Waals surface area (Å²) in [7, 11) is -2.97. The van der Waals surface area contributed by atoms with E-state index in [1.165, 1.54) is 109 Å². The van der Waals surface area contributed by atoms with Crippen molar-refractivity contribution in [2.24, 2.45) is 0 Å². The van der Waals surface area contributed by atoms with E-state index in [0.29, 0.717) is 0 Å². The first-order chi connectivity index (χ1) is 13.3. The van der Waals surface area contributed by atoms with Gasteiger partial charge >= 0.3 is 0 Å². The van der Waals surface area contributed by atoms with Crippen molar-refractivity contribution >= 4 is 16.6 Å². The molecule has 0 aromatic heterocycles. The highest BCUT2D eigenvalue weighted by atomic mass is 28.4. The third-order valence-electron chi connectivity index (χ3n) is 5.82. The topological polar surface area (TPSA) is 9.23 Å². The second kappa shape index (κ2) is 17.9. The normalized spacial score (nSPS) is 12.5. The lowest BCUT2D eigenvalue weighted by atomic mass is 10.0. The van der Waals surface area contributed by atoms with Crippen LogP contribution in [0.15, 0.2) is 12.7 Å². The molecule has 0 unspecified atom stereocenters. The van der Waals surface area contributed by atoms with Gasteiger partial charge in [0, 0.05) is 0 Å². The van der Waals surface area contributed by atoms with Crippen molar-refractivity contribution in [3.63, 3.8) is 0 Å². The minimum Gasteiger partial charge on any atom is -0.455 e. The fraction of sp³-hybridized carbons (Fsp3) is 0.920. The molecule has 0 amide bonds. The molecule has 0 rings (SSSR count). The van der Waals surface area contributed by atoms with Gasteiger partial charge < -0.3 is 4.12 Å². The predicted molar refractivity (Wildman–Crippen MR) is 135 cm³/mol. The predicted octanol–water partition coefficient (Wildman–Crippen LogP) is 9.86. The Labute approximate surface area is 181 Å². The van der Waals surface area contributed by atoms with Crippen molar-refractivity contribution < 1.29 is 4.12 Å². The highest BCUT2D eigenvalue weighted by Crippen LogP contribution is 2.24. The molecule has 0 atom stereocenters. The van der Waals surface area contributed by atoms with Crippen molar-refractivity contribution in [2.45, 2.75) is 148 Å². The van der Waals surface area contributed by atoms with Gasteiger partial charge in [-0.2, -0.15) is 0 Å². The average molecular weight is 427 g/mol. The Balaban J connectivity index is 3.38. The molecule has 0 saturated carbocycles. The maximum atomic E-state index is 6.60. The van der Waals surface area contributed by atoms with E-state index in [2.05, 4.69) is 39.7 Å². The van der Waals surface area contributed by atoms with Crippen molar-refractivity contribution in [3.05, 3.63) is 12.7 Å². The maximum absolute atomic E-state index is 6.60. The van der Waals surface area contributed by atoms with Gasteiger partial charge in [-0.15, -0.1) is 6.58 Å². The summed E-state index contributed by atoms with van der Waals surface area (Å²) in [6.07, 6.45) is 25.1. The highest BCUT2D eigenvalue weighted by Gasteiger charge is 2.31. The average Bonchev–Trinajstić information content (AvgIpc) is 2.60. The molecule has 0 aromatic rings. The molecule has 3 heteroatoms. The fourth-order valence-corrected chi connectivity index (χ4v) is 12.8. The molecular formula is C25H54OSi2. The van der Waals surface area contributed by atoms with E-state index in [-0.39, 0.29) is 0 Å². The van der Waals surface area contributed by atoms with Gasteiger partial charge in [0.2, 0.25) is 0 Å². The number of allylic oxidation sites excluding steroid dienone is 1. The van der Waals surface area contributed by atoms with E-state index in [4.69, 9.17) is 4.12 Å². The Morgan fingerprint density at radius 1 is 0.571 bits per heavy atom. The second-order valence-corrected chi connectivity index (χ2v) is 18.9. The van der Waals surface area contributed by atoms with Crippen molar-refractivity contribution in [1.82, 2.24) is 0 Å². The molecule has 168 valence electrons. The van der Waals surface area contributed by atoms with Crippen LogP contribution in [0, 0.1) is 0 Å². The number of unbranched alkanes of at least 4 members (excludes halogenated alkanes) is 15. The summed E-state index contributed by atoms with van der Waals surface area (Å²) in [5.41, 5.74) is 0. The zero-order valence-corrected chi connectivity index (χ0v) is 22.4. The Morgan fingerprint density at radius 3 is 1.29 bits per heavy atom. The number of hydrogen-bond acceptors (Lipinski definition) is 1. The summed E-state index contributed by atoms with van der Waals surface area (Å²) in [6, 6.07) is 2.42. The largest absolute Gasteiger partial charge is 0.455 e. The molecule has 0 aliphatic heterocycles. The van der Waals surface area contributed by atoms with Crippen LogP contribution >= 0.6 is 0 Å². The summed E-state index contributed by atoms with van der Waals surface area (Å²) in [6.45, 7) is 15.7. The van der Waals surface area contributed by atoms with Crippen LogP contribution in [0.25, 0.3) is 0 Å². The van der Waals surface area contributed by atoms with Gasteiger partial charge in [0.25, 0.3) is 0 Å². The van der Waals surface area contributed by atoms with E-state index in [9.17, 15) is 0 Å². The van der Waals surface area contributed by atoms with Crippen LogP contribution in [0.2, 0.25) is 38.3 Å². The molecule has 0 saturated heterocycles. The molecule has 0 aromatic carbocycles. The molecule has 0 heterocycles. The van der Waals surface area contributed by atoms with Crippen molar-refractivity contribution in [3.8, 4) is 0 Å². The zero-order chi connectivity index (χ0) is 21.1. The van der Waals surface area contributed by atoms with Crippen molar-refractivity contribution in [2.75, 3.05) is 0 Å². The third-order valence-corrected chi connectivity index (χ3v) is 13.1. The molecular weight excluding hydrogens is 372 g/mol. The zero-order valence-electron chi connectivity index (χ0n) is 20.4. The summed E-state index contributed by atoms with van der Waals surface area (Å²) in [5, 5.41) is 0. The molecule has 0 aliphatic rings. The standard InChI is InChI=1S/C25H54OSi2/c1-7-9-10-11-12-13-14-15-16-17-18-19-20-21-22-23-25-28(5,6)26-27(3,4)24-8-2/h8H,2,7,9-25H2,1,3-6H3. The maximum Gasteiger partial charge on any atom is 0.177 e. The molecule has 1 nitrogen and oxygen atoms in total. The molecule has 0 aliphatic carbocycles. The molecule has 0 radical (unpaired) electrons. The summed E-state index contributed by atoms with van der Waals surface area (Å²) in [5.74, 6) is 0. The highest BCUT2D eigenvalue weighted by molar-refractivity contribution is 6.85. The first-order valence-electron chi connectivity index (χ1n) is 12.6. The second-order valence-electron chi connectivity index (χ2n) is 10.2. The molecule has 28 heavy (non-hydrogen) atoms. The Kier molecular flexibility index (Phi) is 18.0. The van der Waals surface area contributed by atoms with Crippen LogP contribution in [-0.4, -0.2) is 16.6 Å². The summed E-state index contributed by atoms with van der Waals surface area (Å²) < 4.78 is 6.60. The van der Waals surface area contributed by atoms with Gasteiger partial charge in [-0.25, -0.2) is 0 Å². The quantitative estimate of drug-likeness (QED) is 0.101. The van der Waals surface area contributed by atoms with Gasteiger partial charge in [-0.3, -0.25) is 0 Å². The minimum absolute atomic E-state index is 1.09.